The zero-order valence-electron chi connectivity index (χ0n) is 7.93. The first-order chi connectivity index (χ1) is 5.63. The fraction of sp³-hybridized carbons (Fsp3) is 0.857. The topological polar surface area (TPSA) is 58.4 Å². The van der Waals surface area contributed by atoms with Crippen LogP contribution in [0, 0.1) is 0 Å². The second-order valence-corrected chi connectivity index (χ2v) is 2.45. The predicted molar refractivity (Wildman–Crippen MR) is 60.7 cm³/mol. The molecule has 0 saturated heterocycles. The summed E-state index contributed by atoms with van der Waals surface area (Å²) in [6.07, 6.45) is 0.940. The minimum atomic E-state index is -0.446. The number of rotatable bonds is 4. The van der Waals surface area contributed by atoms with Gasteiger partial charge in [0.25, 0.3) is 0 Å². The third kappa shape index (κ3) is 16.5. The summed E-state index contributed by atoms with van der Waals surface area (Å²) < 4.78 is 0. The normalized spacial score (nSPS) is 8.75. The summed E-state index contributed by atoms with van der Waals surface area (Å²) in [6, 6.07) is -0.446. The molecular formula is C7H18IN3O. The molecule has 0 aliphatic carbocycles. The maximum absolute atomic E-state index is 10.1. The quantitative estimate of drug-likeness (QED) is 0.453. The molecular weight excluding hydrogens is 269 g/mol. The first-order valence-corrected chi connectivity index (χ1v) is 5.84. The number of alkyl halides is 1. The van der Waals surface area contributed by atoms with Gasteiger partial charge in [-0.3, -0.25) is 0 Å². The molecule has 0 saturated carbocycles. The lowest BCUT2D eigenvalue weighted by atomic mass is 10.4. The van der Waals surface area contributed by atoms with Crippen LogP contribution >= 0.6 is 22.6 Å². The lowest BCUT2D eigenvalue weighted by Crippen LogP contribution is -2.31. The molecule has 0 radical (unpaired) electrons. The highest BCUT2D eigenvalue weighted by atomic mass is 127. The Morgan fingerprint density at radius 2 is 2.00 bits per heavy atom. The second kappa shape index (κ2) is 11.0. The van der Waals surface area contributed by atoms with E-state index in [-0.39, 0.29) is 0 Å². The summed E-state index contributed by atoms with van der Waals surface area (Å²) in [6.45, 7) is 1.63. The summed E-state index contributed by atoms with van der Waals surface area (Å²) in [4.78, 5) is 14.2. The zero-order valence-corrected chi connectivity index (χ0v) is 10.1. The van der Waals surface area contributed by atoms with Crippen molar-refractivity contribution < 1.29 is 4.79 Å². The average Bonchev–Trinajstić information content (AvgIpc) is 2.02. The van der Waals surface area contributed by atoms with E-state index < -0.39 is 6.03 Å². The van der Waals surface area contributed by atoms with Crippen LogP contribution in [-0.2, 0) is 0 Å². The van der Waals surface area contributed by atoms with Gasteiger partial charge in [0.1, 0.15) is 0 Å². The summed E-state index contributed by atoms with van der Waals surface area (Å²) >= 11 is 2.15. The first-order valence-electron chi connectivity index (χ1n) is 3.68. The Morgan fingerprint density at radius 1 is 1.50 bits per heavy atom. The van der Waals surface area contributed by atoms with Crippen LogP contribution in [0.4, 0.5) is 4.79 Å². The van der Waals surface area contributed by atoms with Gasteiger partial charge in [0.2, 0.25) is 0 Å². The molecule has 12 heavy (non-hydrogen) atoms. The van der Waals surface area contributed by atoms with Crippen molar-refractivity contribution in [2.24, 2.45) is 5.73 Å². The van der Waals surface area contributed by atoms with Crippen LogP contribution in [0.1, 0.15) is 6.42 Å². The summed E-state index contributed by atoms with van der Waals surface area (Å²) in [5.41, 5.74) is 4.85. The highest BCUT2D eigenvalue weighted by molar-refractivity contribution is 14.1. The third-order valence-corrected chi connectivity index (χ3v) is 1.08. The van der Waals surface area contributed by atoms with Gasteiger partial charge in [0.05, 0.1) is 0 Å². The molecule has 0 unspecified atom stereocenters. The van der Waals surface area contributed by atoms with Crippen molar-refractivity contribution >= 4 is 28.6 Å². The van der Waals surface area contributed by atoms with E-state index in [4.69, 9.17) is 5.73 Å². The molecule has 0 atom stereocenters. The van der Waals surface area contributed by atoms with Crippen LogP contribution in [0.15, 0.2) is 0 Å². The van der Waals surface area contributed by atoms with E-state index in [0.29, 0.717) is 6.54 Å². The molecule has 0 spiro atoms. The maximum Gasteiger partial charge on any atom is 0.312 e. The van der Waals surface area contributed by atoms with Crippen LogP contribution in [0.25, 0.3) is 0 Å². The summed E-state index contributed by atoms with van der Waals surface area (Å²) in [7, 11) is 3.98. The van der Waals surface area contributed by atoms with Crippen molar-refractivity contribution in [1.82, 2.24) is 10.2 Å². The molecule has 2 amide bonds. The van der Waals surface area contributed by atoms with Crippen LogP contribution in [0.2, 0.25) is 0 Å². The van der Waals surface area contributed by atoms with Gasteiger partial charge >= 0.3 is 6.03 Å². The van der Waals surface area contributed by atoms with Gasteiger partial charge in [0.15, 0.2) is 0 Å². The van der Waals surface area contributed by atoms with Gasteiger partial charge in [0, 0.05) is 6.54 Å². The Kier molecular flexibility index (Phi) is 13.2. The van der Waals surface area contributed by atoms with Gasteiger partial charge in [-0.1, -0.05) is 22.6 Å². The highest BCUT2D eigenvalue weighted by Gasteiger charge is 1.91. The fourth-order valence-corrected chi connectivity index (χ4v) is 0.607. The maximum atomic E-state index is 10.1. The molecule has 3 N–H and O–H groups in total. The number of urea groups is 1. The number of nitrogens with zero attached hydrogens (tertiary/aromatic N) is 1. The summed E-state index contributed by atoms with van der Waals surface area (Å²) in [5.74, 6) is 0. The highest BCUT2D eigenvalue weighted by Crippen LogP contribution is 1.79. The van der Waals surface area contributed by atoms with Crippen LogP contribution < -0.4 is 11.1 Å². The Labute approximate surface area is 88.0 Å². The van der Waals surface area contributed by atoms with Crippen LogP contribution in [0.5, 0.6) is 0 Å². The smallest absolute Gasteiger partial charge is 0.312 e. The van der Waals surface area contributed by atoms with Gasteiger partial charge in [-0.25, -0.2) is 4.79 Å². The Hall–Kier alpha value is -0.0400. The monoisotopic (exact) mass is 287 g/mol. The van der Waals surface area contributed by atoms with Crippen molar-refractivity contribution in [2.45, 2.75) is 6.42 Å². The number of nitrogens with one attached hydrogen (secondary N) is 1. The number of primary amides is 1. The van der Waals surface area contributed by atoms with Crippen LogP contribution in [-0.4, -0.2) is 43.0 Å². The minimum Gasteiger partial charge on any atom is -0.352 e. The van der Waals surface area contributed by atoms with Crippen molar-refractivity contribution in [3.8, 4) is 0 Å². The lowest BCUT2D eigenvalue weighted by molar-refractivity contribution is 0.248. The number of nitrogens with two attached hydrogens (primary N) is 1. The van der Waals surface area contributed by atoms with E-state index in [9.17, 15) is 4.79 Å². The van der Waals surface area contributed by atoms with E-state index in [1.54, 1.807) is 0 Å². The molecule has 5 heteroatoms. The van der Waals surface area contributed by atoms with Crippen LogP contribution in [0.3, 0.4) is 0 Å². The molecule has 0 heterocycles. The van der Waals surface area contributed by atoms with E-state index >= 15 is 0 Å². The molecule has 4 nitrogen and oxygen atoms in total. The van der Waals surface area contributed by atoms with Crippen molar-refractivity contribution in [3.05, 3.63) is 0 Å². The number of amides is 2. The number of carbonyl (C=O) groups is 1. The molecule has 0 aromatic carbocycles. The van der Waals surface area contributed by atoms with E-state index in [2.05, 4.69) is 32.8 Å². The molecule has 0 aromatic rings. The summed E-state index contributed by atoms with van der Waals surface area (Å²) in [5, 5.41) is 2.51. The van der Waals surface area contributed by atoms with Gasteiger partial charge in [-0.15, -0.1) is 0 Å². The van der Waals surface area contributed by atoms with Crippen molar-refractivity contribution in [3.63, 3.8) is 0 Å². The molecule has 0 aromatic heterocycles. The van der Waals surface area contributed by atoms with E-state index in [1.807, 2.05) is 19.0 Å². The molecule has 0 rings (SSSR count). The number of halogens is 1. The van der Waals surface area contributed by atoms with Gasteiger partial charge in [-0.2, -0.15) is 0 Å². The third-order valence-electron chi connectivity index (χ3n) is 1.08. The Balaban J connectivity index is 0. The Morgan fingerprint density at radius 3 is 2.33 bits per heavy atom. The standard InChI is InChI=1S/C6H15N3O.CH3I/c1-9(2)5-3-4-8-6(7)10;1-2/h3-5H2,1-2H3,(H3,7,8,10);1H3. The molecule has 0 aliphatic heterocycles. The molecule has 0 bridgehead atoms. The molecule has 0 fully saturated rings. The van der Waals surface area contributed by atoms with E-state index in [0.717, 1.165) is 13.0 Å². The average molecular weight is 287 g/mol. The van der Waals surface area contributed by atoms with Crippen molar-refractivity contribution in [1.29, 1.82) is 0 Å². The minimum absolute atomic E-state index is 0.446. The van der Waals surface area contributed by atoms with Gasteiger partial charge in [-0.05, 0) is 32.0 Å². The number of hydrogen-bond acceptors (Lipinski definition) is 2. The predicted octanol–water partition coefficient (Wildman–Crippen LogP) is 0.658. The zero-order chi connectivity index (χ0) is 9.98. The lowest BCUT2D eigenvalue weighted by Gasteiger charge is -2.08. The first kappa shape index (κ1) is 14.5. The molecule has 0 aliphatic rings. The Bertz CT molecular complexity index is 109. The number of carbonyl (C=O) groups excluding carboxylic acids is 1. The molecule has 74 valence electrons. The number of hydrogen-bond donors (Lipinski definition) is 2. The largest absolute Gasteiger partial charge is 0.352 e. The fourth-order valence-electron chi connectivity index (χ4n) is 0.607. The van der Waals surface area contributed by atoms with Gasteiger partial charge < -0.3 is 16.0 Å². The van der Waals surface area contributed by atoms with E-state index in [1.165, 1.54) is 0 Å². The van der Waals surface area contributed by atoms with Crippen molar-refractivity contribution in [2.75, 3.05) is 32.1 Å². The SMILES string of the molecule is CI.CN(C)CCCNC(N)=O. The second-order valence-electron chi connectivity index (χ2n) is 2.45.